The van der Waals surface area contributed by atoms with E-state index in [-0.39, 0.29) is 0 Å². The Kier molecular flexibility index (Phi) is 8.37. The summed E-state index contributed by atoms with van der Waals surface area (Å²) in [5, 5.41) is 0. The number of hydrogen-bond donors (Lipinski definition) is 0. The second-order valence-electron chi connectivity index (χ2n) is 7.55. The molecule has 0 radical (unpaired) electrons. The Labute approximate surface area is 156 Å². The SMILES string of the molecule is CP(CCC(F)(F)F)(CCC(F)(F)F)(CCC(F)(F)F)CCC(F)(F)C(F)(F)F. The first-order valence-electron chi connectivity index (χ1n) is 8.02. The van der Waals surface area contributed by atoms with Crippen LogP contribution in [0.5, 0.6) is 0 Å². The molecule has 0 spiro atoms. The van der Waals surface area contributed by atoms with Crippen LogP contribution >= 0.6 is 6.60 Å². The van der Waals surface area contributed by atoms with Crippen molar-refractivity contribution < 1.29 is 61.5 Å². The monoisotopic (exact) mass is 484 g/mol. The molecule has 0 amide bonds. The molecule has 15 heteroatoms. The van der Waals surface area contributed by atoms with E-state index in [0.717, 1.165) is 0 Å². The number of rotatable bonds is 9. The second kappa shape index (κ2) is 8.53. The van der Waals surface area contributed by atoms with Crippen LogP contribution in [-0.2, 0) is 0 Å². The summed E-state index contributed by atoms with van der Waals surface area (Å²) < 4.78 is 177. The maximum atomic E-state index is 13.3. The van der Waals surface area contributed by atoms with Crippen LogP contribution < -0.4 is 0 Å². The van der Waals surface area contributed by atoms with Gasteiger partial charge in [0.1, 0.15) is 0 Å². The average molecular weight is 484 g/mol. The van der Waals surface area contributed by atoms with E-state index in [0.29, 0.717) is 6.66 Å². The predicted molar refractivity (Wildman–Crippen MR) is 79.9 cm³/mol. The minimum absolute atomic E-state index is 0.626. The summed E-state index contributed by atoms with van der Waals surface area (Å²) in [4.78, 5) is 0. The van der Waals surface area contributed by atoms with Crippen molar-refractivity contribution in [3.05, 3.63) is 0 Å². The fourth-order valence-electron chi connectivity index (χ4n) is 2.73. The van der Waals surface area contributed by atoms with Crippen LogP contribution in [0.1, 0.15) is 25.7 Å². The number of alkyl halides is 14. The fourth-order valence-corrected chi connectivity index (χ4v) is 7.90. The van der Waals surface area contributed by atoms with Gasteiger partial charge in [-0.15, -0.1) is 0 Å². The molecule has 0 aromatic heterocycles. The summed E-state index contributed by atoms with van der Waals surface area (Å²) >= 11 is 0. The normalized spacial score (nSPS) is 16.6. The predicted octanol–water partition coefficient (Wildman–Crippen LogP) is 7.61. The zero-order valence-electron chi connectivity index (χ0n) is 14.9. The third kappa shape index (κ3) is 10.9. The molecule has 0 aliphatic carbocycles. The topological polar surface area (TPSA) is 0 Å². The van der Waals surface area contributed by atoms with Gasteiger partial charge < -0.3 is 0 Å². The minimum atomic E-state index is -6.14. The Bertz CT molecular complexity index is 476. The molecule has 0 aliphatic rings. The van der Waals surface area contributed by atoms with E-state index in [1.54, 1.807) is 0 Å². The molecule has 0 saturated carbocycles. The molecule has 0 fully saturated rings. The van der Waals surface area contributed by atoms with Crippen LogP contribution in [0.15, 0.2) is 0 Å². The molecule has 0 aromatic rings. The summed E-state index contributed by atoms with van der Waals surface area (Å²) in [5.74, 6) is -5.46. The first-order valence-corrected chi connectivity index (χ1v) is 11.4. The van der Waals surface area contributed by atoms with Crippen LogP contribution in [0.25, 0.3) is 0 Å². The van der Waals surface area contributed by atoms with Gasteiger partial charge >= 0.3 is 156 Å². The van der Waals surface area contributed by atoms with E-state index in [1.807, 2.05) is 0 Å². The van der Waals surface area contributed by atoms with Crippen molar-refractivity contribution in [2.75, 3.05) is 31.3 Å². The van der Waals surface area contributed by atoms with E-state index in [1.165, 1.54) is 0 Å². The van der Waals surface area contributed by atoms with E-state index in [2.05, 4.69) is 0 Å². The van der Waals surface area contributed by atoms with Gasteiger partial charge in [0.2, 0.25) is 0 Å². The average Bonchev–Trinajstić information content (AvgIpc) is 2.45. The Hall–Kier alpha value is -0.550. The summed E-state index contributed by atoms with van der Waals surface area (Å²) in [6.45, 7) is -4.33. The second-order valence-corrected chi connectivity index (χ2v) is 14.6. The van der Waals surface area contributed by atoms with Crippen LogP contribution in [0.4, 0.5) is 61.5 Å². The Morgan fingerprint density at radius 2 is 0.690 bits per heavy atom. The Morgan fingerprint density at radius 3 is 0.897 bits per heavy atom. The van der Waals surface area contributed by atoms with Crippen LogP contribution in [0.2, 0.25) is 0 Å². The van der Waals surface area contributed by atoms with Crippen molar-refractivity contribution in [1.29, 1.82) is 0 Å². The van der Waals surface area contributed by atoms with Gasteiger partial charge in [-0.25, -0.2) is 0 Å². The molecular formula is C14H19F14P. The van der Waals surface area contributed by atoms with Gasteiger partial charge in [-0.1, -0.05) is 0 Å². The third-order valence-corrected chi connectivity index (χ3v) is 11.3. The van der Waals surface area contributed by atoms with Crippen LogP contribution in [0.3, 0.4) is 0 Å². The van der Waals surface area contributed by atoms with Crippen LogP contribution in [0, 0.1) is 0 Å². The van der Waals surface area contributed by atoms with Crippen molar-refractivity contribution in [3.63, 3.8) is 0 Å². The van der Waals surface area contributed by atoms with Gasteiger partial charge in [0.25, 0.3) is 0 Å². The number of halogens is 14. The molecule has 0 atom stereocenters. The quantitative estimate of drug-likeness (QED) is 0.233. The first-order chi connectivity index (χ1) is 12.4. The Morgan fingerprint density at radius 1 is 0.448 bits per heavy atom. The van der Waals surface area contributed by atoms with Gasteiger partial charge in [-0.05, 0) is 0 Å². The standard InChI is InChI=1S/C14H19F14P/c1-29(7-3-11(17,18)19,8-4-12(20,21)22,9-5-13(23,24)25)6-2-10(15,16)14(26,27)28/h2-9H2,1H3. The van der Waals surface area contributed by atoms with Crippen molar-refractivity contribution in [3.8, 4) is 0 Å². The molecule has 0 nitrogen and oxygen atoms in total. The van der Waals surface area contributed by atoms with Gasteiger partial charge in [-0.2, -0.15) is 0 Å². The number of hydrogen-bond acceptors (Lipinski definition) is 0. The molecule has 0 heterocycles. The third-order valence-electron chi connectivity index (χ3n) is 4.82. The van der Waals surface area contributed by atoms with Gasteiger partial charge in [0.05, 0.1) is 0 Å². The first kappa shape index (κ1) is 28.5. The van der Waals surface area contributed by atoms with Gasteiger partial charge in [-0.3, -0.25) is 0 Å². The molecule has 29 heavy (non-hydrogen) atoms. The van der Waals surface area contributed by atoms with Crippen LogP contribution in [-0.4, -0.2) is 61.9 Å². The molecule has 0 bridgehead atoms. The maximum absolute atomic E-state index is 13.3. The van der Waals surface area contributed by atoms with E-state index >= 15 is 0 Å². The Balaban J connectivity index is 6.04. The molecular weight excluding hydrogens is 465 g/mol. The molecule has 0 rings (SSSR count). The molecule has 0 aliphatic heterocycles. The fraction of sp³-hybridized carbons (Fsp3) is 1.00. The zero-order chi connectivity index (χ0) is 23.6. The summed E-state index contributed by atoms with van der Waals surface area (Å²) in [6, 6.07) is 0. The van der Waals surface area contributed by atoms with Crippen molar-refractivity contribution >= 4 is 6.60 Å². The van der Waals surface area contributed by atoms with E-state index < -0.39 is 87.6 Å². The molecule has 0 aromatic carbocycles. The molecule has 0 unspecified atom stereocenters. The van der Waals surface area contributed by atoms with Crippen molar-refractivity contribution in [1.82, 2.24) is 0 Å². The van der Waals surface area contributed by atoms with Crippen molar-refractivity contribution in [2.24, 2.45) is 0 Å². The summed E-state index contributed by atoms with van der Waals surface area (Å²) in [5.41, 5.74) is 0. The zero-order valence-corrected chi connectivity index (χ0v) is 15.8. The molecule has 0 saturated heterocycles. The van der Waals surface area contributed by atoms with E-state index in [4.69, 9.17) is 0 Å². The molecule has 0 N–H and O–H groups in total. The van der Waals surface area contributed by atoms with Crippen molar-refractivity contribution in [2.45, 2.75) is 56.3 Å². The van der Waals surface area contributed by atoms with E-state index in [9.17, 15) is 61.5 Å². The molecule has 178 valence electrons. The van der Waals surface area contributed by atoms with Gasteiger partial charge in [0, 0.05) is 0 Å². The summed E-state index contributed by atoms with van der Waals surface area (Å²) in [6.07, 6.45) is -34.6. The van der Waals surface area contributed by atoms with Gasteiger partial charge in [0.15, 0.2) is 0 Å². The summed E-state index contributed by atoms with van der Waals surface area (Å²) in [7, 11) is 0.